The average Bonchev–Trinajstić information content (AvgIpc) is 2.22. The second-order valence-corrected chi connectivity index (χ2v) is 4.25. The molecule has 2 nitrogen and oxygen atoms in total. The number of rotatable bonds is 4. The van der Waals surface area contributed by atoms with E-state index < -0.39 is 31.2 Å². The number of hydrogen-bond acceptors (Lipinski definition) is 2. The van der Waals surface area contributed by atoms with E-state index in [2.05, 4.69) is 21.2 Å². The highest BCUT2D eigenvalue weighted by Gasteiger charge is 2.28. The van der Waals surface area contributed by atoms with Crippen LogP contribution in [0.1, 0.15) is 11.6 Å². The third-order valence-electron chi connectivity index (χ3n) is 2.06. The van der Waals surface area contributed by atoms with Gasteiger partial charge in [0.05, 0.1) is 19.2 Å². The smallest absolute Gasteiger partial charge is 0.394 e. The zero-order chi connectivity index (χ0) is 13.1. The van der Waals surface area contributed by atoms with E-state index in [9.17, 15) is 17.6 Å². The highest BCUT2D eigenvalue weighted by Crippen LogP contribution is 2.25. The van der Waals surface area contributed by atoms with Crippen LogP contribution in [-0.4, -0.2) is 24.4 Å². The fraction of sp³-hybridized carbons (Fsp3) is 0.400. The van der Waals surface area contributed by atoms with E-state index in [4.69, 9.17) is 5.11 Å². The Balaban J connectivity index is 2.82. The van der Waals surface area contributed by atoms with Gasteiger partial charge in [0.25, 0.3) is 0 Å². The molecule has 0 heterocycles. The standard InChI is InChI=1S/C10H10BrF4NO/c11-8-2-1-6(12)3-7(8)9(4-17)16-5-10(13,14)15/h1-3,9,16-17H,4-5H2. The summed E-state index contributed by atoms with van der Waals surface area (Å²) in [4.78, 5) is 0. The first-order chi connectivity index (χ1) is 7.83. The Morgan fingerprint density at radius 3 is 2.53 bits per heavy atom. The van der Waals surface area contributed by atoms with Gasteiger partial charge >= 0.3 is 6.18 Å². The van der Waals surface area contributed by atoms with E-state index in [1.807, 2.05) is 0 Å². The lowest BCUT2D eigenvalue weighted by Gasteiger charge is -2.19. The van der Waals surface area contributed by atoms with Crippen LogP contribution >= 0.6 is 15.9 Å². The fourth-order valence-corrected chi connectivity index (χ4v) is 1.82. The molecular formula is C10H10BrF4NO. The number of benzene rings is 1. The zero-order valence-corrected chi connectivity index (χ0v) is 10.1. The Morgan fingerprint density at radius 1 is 1.35 bits per heavy atom. The molecule has 17 heavy (non-hydrogen) atoms. The first-order valence-corrected chi connectivity index (χ1v) is 5.48. The first-order valence-electron chi connectivity index (χ1n) is 4.69. The summed E-state index contributed by atoms with van der Waals surface area (Å²) >= 11 is 3.09. The number of nitrogens with one attached hydrogen (secondary N) is 1. The Morgan fingerprint density at radius 2 is 2.00 bits per heavy atom. The summed E-state index contributed by atoms with van der Waals surface area (Å²) in [6, 6.07) is 2.66. The Hall–Kier alpha value is -0.660. The summed E-state index contributed by atoms with van der Waals surface area (Å²) in [5.74, 6) is -0.574. The van der Waals surface area contributed by atoms with Gasteiger partial charge in [-0.25, -0.2) is 4.39 Å². The molecule has 0 aliphatic carbocycles. The maximum Gasteiger partial charge on any atom is 0.401 e. The quantitative estimate of drug-likeness (QED) is 0.837. The molecule has 2 N–H and O–H groups in total. The van der Waals surface area contributed by atoms with E-state index in [1.165, 1.54) is 12.1 Å². The maximum absolute atomic E-state index is 13.0. The normalized spacial score (nSPS) is 13.8. The van der Waals surface area contributed by atoms with Crippen molar-refractivity contribution in [2.75, 3.05) is 13.2 Å². The Bertz CT molecular complexity index is 383. The lowest BCUT2D eigenvalue weighted by atomic mass is 10.1. The topological polar surface area (TPSA) is 32.3 Å². The van der Waals surface area contributed by atoms with Gasteiger partial charge in [-0.15, -0.1) is 0 Å². The predicted octanol–water partition coefficient (Wildman–Crippen LogP) is 2.77. The number of halogens is 5. The van der Waals surface area contributed by atoms with Crippen molar-refractivity contribution in [1.82, 2.24) is 5.32 Å². The molecule has 1 atom stereocenters. The molecule has 0 saturated heterocycles. The van der Waals surface area contributed by atoms with Gasteiger partial charge in [-0.05, 0) is 23.8 Å². The lowest BCUT2D eigenvalue weighted by Crippen LogP contribution is -2.34. The number of alkyl halides is 3. The van der Waals surface area contributed by atoms with Crippen molar-refractivity contribution in [2.45, 2.75) is 12.2 Å². The molecule has 0 aromatic heterocycles. The second-order valence-electron chi connectivity index (χ2n) is 3.40. The minimum absolute atomic E-state index is 0.247. The Kier molecular flexibility index (Phi) is 4.91. The van der Waals surface area contributed by atoms with Crippen molar-refractivity contribution in [3.05, 3.63) is 34.1 Å². The molecule has 96 valence electrons. The zero-order valence-electron chi connectivity index (χ0n) is 8.56. The highest BCUT2D eigenvalue weighted by atomic mass is 79.9. The molecule has 0 amide bonds. The van der Waals surface area contributed by atoms with Crippen molar-refractivity contribution in [3.63, 3.8) is 0 Å². The monoisotopic (exact) mass is 315 g/mol. The first kappa shape index (κ1) is 14.4. The van der Waals surface area contributed by atoms with Crippen molar-refractivity contribution in [1.29, 1.82) is 0 Å². The van der Waals surface area contributed by atoms with Gasteiger partial charge in [-0.3, -0.25) is 5.32 Å². The molecule has 0 aliphatic heterocycles. The maximum atomic E-state index is 13.0. The fourth-order valence-electron chi connectivity index (χ4n) is 1.29. The molecule has 0 spiro atoms. The second kappa shape index (κ2) is 5.79. The minimum Gasteiger partial charge on any atom is -0.394 e. The molecule has 0 aliphatic rings. The van der Waals surface area contributed by atoms with Crippen LogP contribution in [0.25, 0.3) is 0 Å². The summed E-state index contributed by atoms with van der Waals surface area (Å²) in [6.45, 7) is -1.81. The van der Waals surface area contributed by atoms with E-state index in [0.717, 1.165) is 6.07 Å². The molecule has 0 bridgehead atoms. The number of hydrogen-bond donors (Lipinski definition) is 2. The predicted molar refractivity (Wildman–Crippen MR) is 58.0 cm³/mol. The van der Waals surface area contributed by atoms with Crippen LogP contribution in [0.5, 0.6) is 0 Å². The van der Waals surface area contributed by atoms with Crippen LogP contribution in [-0.2, 0) is 0 Å². The van der Waals surface area contributed by atoms with Crippen molar-refractivity contribution >= 4 is 15.9 Å². The van der Waals surface area contributed by atoms with Gasteiger partial charge in [-0.2, -0.15) is 13.2 Å². The summed E-state index contributed by atoms with van der Waals surface area (Å²) in [7, 11) is 0. The van der Waals surface area contributed by atoms with Gasteiger partial charge < -0.3 is 5.11 Å². The third-order valence-corrected chi connectivity index (χ3v) is 2.79. The lowest BCUT2D eigenvalue weighted by molar-refractivity contribution is -0.126. The van der Waals surface area contributed by atoms with Crippen molar-refractivity contribution in [3.8, 4) is 0 Å². The van der Waals surface area contributed by atoms with Crippen LogP contribution in [0.2, 0.25) is 0 Å². The molecule has 7 heteroatoms. The number of aliphatic hydroxyl groups is 1. The van der Waals surface area contributed by atoms with E-state index in [1.54, 1.807) is 0 Å². The van der Waals surface area contributed by atoms with Gasteiger partial charge in [0.1, 0.15) is 5.82 Å². The largest absolute Gasteiger partial charge is 0.401 e. The van der Waals surface area contributed by atoms with Crippen LogP contribution in [0.3, 0.4) is 0 Å². The third kappa shape index (κ3) is 4.61. The van der Waals surface area contributed by atoms with Crippen LogP contribution in [0.4, 0.5) is 17.6 Å². The average molecular weight is 316 g/mol. The van der Waals surface area contributed by atoms with Crippen LogP contribution in [0.15, 0.2) is 22.7 Å². The van der Waals surface area contributed by atoms with Gasteiger partial charge in [0.2, 0.25) is 0 Å². The SMILES string of the molecule is OCC(NCC(F)(F)F)c1cc(F)ccc1Br. The van der Waals surface area contributed by atoms with E-state index >= 15 is 0 Å². The molecule has 0 radical (unpaired) electrons. The van der Waals surface area contributed by atoms with E-state index in [0.29, 0.717) is 4.47 Å². The molecule has 0 fully saturated rings. The molecule has 1 rings (SSSR count). The molecule has 0 saturated carbocycles. The minimum atomic E-state index is -4.38. The molecule has 1 aromatic rings. The number of aliphatic hydroxyl groups excluding tert-OH is 1. The summed E-state index contributed by atoms with van der Waals surface area (Å²) in [5, 5.41) is 11.1. The van der Waals surface area contributed by atoms with Gasteiger partial charge in [0.15, 0.2) is 0 Å². The summed E-state index contributed by atoms with van der Waals surface area (Å²) < 4.78 is 49.5. The van der Waals surface area contributed by atoms with Crippen molar-refractivity contribution in [2.24, 2.45) is 0 Å². The van der Waals surface area contributed by atoms with Crippen molar-refractivity contribution < 1.29 is 22.7 Å². The highest BCUT2D eigenvalue weighted by molar-refractivity contribution is 9.10. The summed E-state index contributed by atoms with van der Waals surface area (Å²) in [5.41, 5.74) is 0.247. The van der Waals surface area contributed by atoms with Gasteiger partial charge in [-0.1, -0.05) is 15.9 Å². The molecular weight excluding hydrogens is 306 g/mol. The van der Waals surface area contributed by atoms with Crippen LogP contribution in [0, 0.1) is 5.82 Å². The molecule has 1 aromatic carbocycles. The molecule has 1 unspecified atom stereocenters. The van der Waals surface area contributed by atoms with Crippen LogP contribution < -0.4 is 5.32 Å². The van der Waals surface area contributed by atoms with E-state index in [-0.39, 0.29) is 5.56 Å². The summed E-state index contributed by atoms with van der Waals surface area (Å²) in [6.07, 6.45) is -4.38. The van der Waals surface area contributed by atoms with Gasteiger partial charge in [0, 0.05) is 4.47 Å². The Labute approximate surface area is 104 Å².